The second-order valence-electron chi connectivity index (χ2n) is 11.6. The molecule has 7 nitrogen and oxygen atoms in total. The number of carbonyl (C=O) groups is 1. The zero-order valence-corrected chi connectivity index (χ0v) is 27.8. The summed E-state index contributed by atoms with van der Waals surface area (Å²) in [6, 6.07) is 23.8. The summed E-state index contributed by atoms with van der Waals surface area (Å²) in [6.45, 7) is 1.76. The van der Waals surface area contributed by atoms with Gasteiger partial charge in [0.1, 0.15) is 29.8 Å². The van der Waals surface area contributed by atoms with Gasteiger partial charge in [-0.1, -0.05) is 55.1 Å². The van der Waals surface area contributed by atoms with Crippen molar-refractivity contribution in [3.05, 3.63) is 106 Å². The van der Waals surface area contributed by atoms with Crippen LogP contribution in [0, 0.1) is 5.82 Å². The average Bonchev–Trinajstić information content (AvgIpc) is 3.73. The van der Waals surface area contributed by atoms with Crippen LogP contribution < -0.4 is 10.1 Å². The molecule has 1 aliphatic carbocycles. The minimum atomic E-state index is -1.02. The van der Waals surface area contributed by atoms with Gasteiger partial charge in [0.05, 0.1) is 28.7 Å². The number of fused-ring (bicyclic) bond motifs is 1. The predicted molar refractivity (Wildman–Crippen MR) is 189 cm³/mol. The quantitative estimate of drug-likeness (QED) is 0.169. The van der Waals surface area contributed by atoms with Gasteiger partial charge in [0, 0.05) is 29.2 Å². The topological polar surface area (TPSA) is 88.7 Å². The van der Waals surface area contributed by atoms with E-state index in [1.807, 2.05) is 30.3 Å². The number of nitrogens with zero attached hydrogens (tertiary/aromatic N) is 3. The summed E-state index contributed by atoms with van der Waals surface area (Å²) in [4.78, 5) is 21.0. The molecule has 2 N–H and O–H groups in total. The number of imidazole rings is 1. The van der Waals surface area contributed by atoms with Gasteiger partial charge in [-0.3, -0.25) is 4.99 Å². The van der Waals surface area contributed by atoms with E-state index < -0.39 is 11.8 Å². The standard InChI is InChI=1S/C36H32ClFN4O3.2ClH/c37-26-10-6-22(7-11-26)29-13-8-23(34-39-16-17-40-34)18-25(29)21-45-28-12-14-30(31(38)20-28)35-41-32-19-24(36(43)44)9-15-33(32)42(35)27-4-2-1-3-5-27;;/h6-15,18-20,27H,1-5,16-17,21H2,(H,39,40)(H,43,44);2*1H. The number of carboxylic acids is 1. The molecule has 1 aromatic heterocycles. The number of halogens is 4. The van der Waals surface area contributed by atoms with E-state index in [9.17, 15) is 9.90 Å². The van der Waals surface area contributed by atoms with E-state index >= 15 is 4.39 Å². The molecular weight excluding hydrogens is 662 g/mol. The summed E-state index contributed by atoms with van der Waals surface area (Å²) >= 11 is 6.15. The minimum Gasteiger partial charge on any atom is -0.489 e. The van der Waals surface area contributed by atoms with Crippen LogP contribution in [-0.2, 0) is 6.61 Å². The lowest BCUT2D eigenvalue weighted by Gasteiger charge is -2.25. The van der Waals surface area contributed by atoms with Crippen LogP contribution in [-0.4, -0.2) is 39.6 Å². The molecule has 47 heavy (non-hydrogen) atoms. The van der Waals surface area contributed by atoms with E-state index in [4.69, 9.17) is 21.3 Å². The Hall–Kier alpha value is -4.11. The molecule has 0 atom stereocenters. The maximum absolute atomic E-state index is 15.9. The number of hydrogen-bond donors (Lipinski definition) is 2. The van der Waals surface area contributed by atoms with Crippen LogP contribution in [0.5, 0.6) is 5.75 Å². The zero-order valence-electron chi connectivity index (χ0n) is 25.4. The Balaban J connectivity index is 0.00000217. The number of rotatable bonds is 8. The Kier molecular flexibility index (Phi) is 10.7. The van der Waals surface area contributed by atoms with Crippen LogP contribution in [0.4, 0.5) is 4.39 Å². The number of amidine groups is 1. The first kappa shape index (κ1) is 34.2. The van der Waals surface area contributed by atoms with Gasteiger partial charge < -0.3 is 19.7 Å². The molecule has 2 heterocycles. The van der Waals surface area contributed by atoms with Crippen LogP contribution in [0.15, 0.2) is 83.9 Å². The highest BCUT2D eigenvalue weighted by Gasteiger charge is 2.25. The molecule has 4 aromatic carbocycles. The fourth-order valence-corrected chi connectivity index (χ4v) is 6.55. The van der Waals surface area contributed by atoms with Gasteiger partial charge in [-0.05, 0) is 78.1 Å². The largest absolute Gasteiger partial charge is 0.489 e. The number of hydrogen-bond acceptors (Lipinski definition) is 5. The van der Waals surface area contributed by atoms with Crippen LogP contribution in [0.2, 0.25) is 5.02 Å². The van der Waals surface area contributed by atoms with Crippen molar-refractivity contribution in [3.63, 3.8) is 0 Å². The highest BCUT2D eigenvalue weighted by Crippen LogP contribution is 2.38. The molecule has 2 aliphatic rings. The molecule has 0 amide bonds. The van der Waals surface area contributed by atoms with Crippen molar-refractivity contribution in [1.29, 1.82) is 0 Å². The summed E-state index contributed by atoms with van der Waals surface area (Å²) in [5.41, 5.74) is 5.78. The van der Waals surface area contributed by atoms with E-state index in [1.54, 1.807) is 30.3 Å². The molecule has 0 radical (unpaired) electrons. The normalized spacial score (nSPS) is 14.6. The van der Waals surface area contributed by atoms with E-state index in [2.05, 4.69) is 27.0 Å². The third-order valence-electron chi connectivity index (χ3n) is 8.66. The molecule has 5 aromatic rings. The van der Waals surface area contributed by atoms with E-state index in [1.165, 1.54) is 12.5 Å². The molecule has 11 heteroatoms. The highest BCUT2D eigenvalue weighted by atomic mass is 35.5. The van der Waals surface area contributed by atoms with E-state index in [0.717, 1.165) is 72.4 Å². The van der Waals surface area contributed by atoms with Crippen molar-refractivity contribution in [3.8, 4) is 28.3 Å². The lowest BCUT2D eigenvalue weighted by atomic mass is 9.94. The number of ether oxygens (including phenoxy) is 1. The number of nitrogens with one attached hydrogen (secondary N) is 1. The molecule has 0 bridgehead atoms. The van der Waals surface area contributed by atoms with Crippen molar-refractivity contribution in [2.75, 3.05) is 13.1 Å². The first-order valence-corrected chi connectivity index (χ1v) is 15.7. The lowest BCUT2D eigenvalue weighted by Crippen LogP contribution is -2.19. The van der Waals surface area contributed by atoms with Gasteiger partial charge in [-0.15, -0.1) is 24.8 Å². The van der Waals surface area contributed by atoms with Crippen LogP contribution in [0.1, 0.15) is 59.6 Å². The maximum atomic E-state index is 15.9. The van der Waals surface area contributed by atoms with Gasteiger partial charge >= 0.3 is 5.97 Å². The second-order valence-corrected chi connectivity index (χ2v) is 12.0. The molecule has 0 spiro atoms. The Morgan fingerprint density at radius 1 is 0.936 bits per heavy atom. The second kappa shape index (κ2) is 14.8. The van der Waals surface area contributed by atoms with Crippen molar-refractivity contribution in [1.82, 2.24) is 14.9 Å². The summed E-state index contributed by atoms with van der Waals surface area (Å²) in [6.07, 6.45) is 5.30. The number of benzene rings is 4. The Morgan fingerprint density at radius 3 is 2.38 bits per heavy atom. The highest BCUT2D eigenvalue weighted by molar-refractivity contribution is 6.30. The van der Waals surface area contributed by atoms with Crippen molar-refractivity contribution in [2.24, 2.45) is 4.99 Å². The fraction of sp³-hybridized carbons (Fsp3) is 0.250. The first-order chi connectivity index (χ1) is 21.9. The molecule has 1 saturated carbocycles. The number of aliphatic imine (C=N–C) groups is 1. The van der Waals surface area contributed by atoms with Crippen molar-refractivity contribution < 1.29 is 19.0 Å². The van der Waals surface area contributed by atoms with Gasteiger partial charge in [-0.25, -0.2) is 14.2 Å². The molecule has 0 unspecified atom stereocenters. The Labute approximate surface area is 289 Å². The van der Waals surface area contributed by atoms with Crippen LogP contribution in [0.3, 0.4) is 0 Å². The SMILES string of the molecule is Cl.Cl.O=C(O)c1ccc2c(c1)nc(-c1ccc(OCc3cc(C4=NCCN4)ccc3-c3ccc(Cl)cc3)cc1F)n2C1CCCCC1. The van der Waals surface area contributed by atoms with Crippen LogP contribution >= 0.6 is 36.4 Å². The van der Waals surface area contributed by atoms with E-state index in [-0.39, 0.29) is 43.0 Å². The third-order valence-corrected chi connectivity index (χ3v) is 8.91. The molecular formula is C36H34Cl3FN4O3. The zero-order chi connectivity index (χ0) is 30.9. The Bertz CT molecular complexity index is 1940. The number of aromatic nitrogens is 2. The predicted octanol–water partition coefficient (Wildman–Crippen LogP) is 9.14. The monoisotopic (exact) mass is 694 g/mol. The van der Waals surface area contributed by atoms with Gasteiger partial charge in [0.25, 0.3) is 0 Å². The maximum Gasteiger partial charge on any atom is 0.335 e. The average molecular weight is 696 g/mol. The molecule has 244 valence electrons. The fourth-order valence-electron chi connectivity index (χ4n) is 6.42. The first-order valence-electron chi connectivity index (χ1n) is 15.3. The number of carboxylic acid groups (broad SMARTS) is 1. The minimum absolute atomic E-state index is 0. The molecule has 7 rings (SSSR count). The molecule has 1 aliphatic heterocycles. The molecule has 0 saturated heterocycles. The lowest BCUT2D eigenvalue weighted by molar-refractivity contribution is 0.0697. The molecule has 1 fully saturated rings. The smallest absolute Gasteiger partial charge is 0.335 e. The van der Waals surface area contributed by atoms with Gasteiger partial charge in [0.2, 0.25) is 0 Å². The van der Waals surface area contributed by atoms with Crippen molar-refractivity contribution in [2.45, 2.75) is 44.8 Å². The van der Waals surface area contributed by atoms with Crippen LogP contribution in [0.25, 0.3) is 33.5 Å². The third kappa shape index (κ3) is 7.10. The summed E-state index contributed by atoms with van der Waals surface area (Å²) in [5, 5.41) is 13.5. The van der Waals surface area contributed by atoms with Gasteiger partial charge in [-0.2, -0.15) is 0 Å². The van der Waals surface area contributed by atoms with E-state index in [0.29, 0.717) is 27.7 Å². The summed E-state index contributed by atoms with van der Waals surface area (Å²) in [5.74, 6) is 0.287. The summed E-state index contributed by atoms with van der Waals surface area (Å²) < 4.78 is 24.2. The van der Waals surface area contributed by atoms with Crippen molar-refractivity contribution >= 4 is 59.3 Å². The van der Waals surface area contributed by atoms with Gasteiger partial charge in [0.15, 0.2) is 0 Å². The number of aromatic carboxylic acids is 1. The Morgan fingerprint density at radius 2 is 1.68 bits per heavy atom. The summed E-state index contributed by atoms with van der Waals surface area (Å²) in [7, 11) is 0.